The molecule has 0 saturated carbocycles. The van der Waals surface area contributed by atoms with Crippen molar-refractivity contribution >= 4 is 34.0 Å². The molecule has 2 aromatic carbocycles. The third kappa shape index (κ3) is 5.36. The van der Waals surface area contributed by atoms with Gasteiger partial charge in [0.05, 0.1) is 5.69 Å². The van der Waals surface area contributed by atoms with Gasteiger partial charge in [-0.25, -0.2) is 4.98 Å². The number of hydrogen-bond acceptors (Lipinski definition) is 7. The van der Waals surface area contributed by atoms with E-state index in [1.54, 1.807) is 36.4 Å². The van der Waals surface area contributed by atoms with Gasteiger partial charge in [0.25, 0.3) is 11.5 Å². The van der Waals surface area contributed by atoms with Gasteiger partial charge in [-0.1, -0.05) is 48.1 Å². The highest BCUT2D eigenvalue weighted by Gasteiger charge is 2.11. The number of benzene rings is 2. The van der Waals surface area contributed by atoms with Gasteiger partial charge < -0.3 is 10.1 Å². The zero-order valence-electron chi connectivity index (χ0n) is 18.6. The van der Waals surface area contributed by atoms with Gasteiger partial charge in [-0.3, -0.25) is 9.59 Å². The maximum absolute atomic E-state index is 12.4. The van der Waals surface area contributed by atoms with Crippen molar-refractivity contribution < 1.29 is 9.53 Å². The molecular weight excluding hydrogens is 450 g/mol. The Kier molecular flexibility index (Phi) is 6.80. The molecule has 4 rings (SSSR count). The quantitative estimate of drug-likeness (QED) is 0.320. The van der Waals surface area contributed by atoms with Crippen LogP contribution in [0.1, 0.15) is 28.8 Å². The Morgan fingerprint density at radius 1 is 1.21 bits per heavy atom. The number of aromatic nitrogens is 3. The van der Waals surface area contributed by atoms with Crippen LogP contribution in [0.25, 0.3) is 11.0 Å². The second kappa shape index (κ2) is 10.1. The number of amides is 1. The Morgan fingerprint density at radius 3 is 2.62 bits per heavy atom. The van der Waals surface area contributed by atoms with Crippen molar-refractivity contribution in [3.63, 3.8) is 0 Å². The monoisotopic (exact) mass is 471 g/mol. The van der Waals surface area contributed by atoms with Gasteiger partial charge in [0.1, 0.15) is 29.0 Å². The van der Waals surface area contributed by atoms with Crippen LogP contribution >= 0.6 is 11.3 Å². The second-order valence-electron chi connectivity index (χ2n) is 7.48. The number of hydrogen-bond donors (Lipinski definition) is 1. The van der Waals surface area contributed by atoms with Crippen LogP contribution in [0.4, 0.5) is 5.69 Å². The minimum absolute atomic E-state index is 0.0109. The van der Waals surface area contributed by atoms with Crippen LogP contribution in [0.3, 0.4) is 0 Å². The minimum atomic E-state index is -0.478. The highest BCUT2D eigenvalue weighted by molar-refractivity contribution is 7.16. The number of fused-ring (bicyclic) bond motifs is 1. The summed E-state index contributed by atoms with van der Waals surface area (Å²) in [5, 5.41) is 17.2. The summed E-state index contributed by atoms with van der Waals surface area (Å²) in [5.74, 6) is 0.0917. The molecule has 0 aliphatic rings. The molecule has 0 aliphatic carbocycles. The molecule has 4 aromatic rings. The summed E-state index contributed by atoms with van der Waals surface area (Å²) in [6, 6.07) is 17.6. The first-order chi connectivity index (χ1) is 16.4. The molecule has 2 heterocycles. The Hall–Kier alpha value is -4.29. The molecule has 0 fully saturated rings. The van der Waals surface area contributed by atoms with E-state index in [0.29, 0.717) is 27.7 Å². The number of rotatable bonds is 7. The number of ether oxygens (including phenoxy) is 1. The predicted molar refractivity (Wildman–Crippen MR) is 131 cm³/mol. The fourth-order valence-electron chi connectivity index (χ4n) is 3.08. The number of aryl methyl sites for hydroxylation is 2. The molecule has 0 spiro atoms. The summed E-state index contributed by atoms with van der Waals surface area (Å²) in [4.78, 5) is 29.7. The van der Waals surface area contributed by atoms with Crippen molar-refractivity contribution in [1.82, 2.24) is 14.6 Å². The van der Waals surface area contributed by atoms with Crippen LogP contribution in [0.5, 0.6) is 5.75 Å². The lowest BCUT2D eigenvalue weighted by Crippen LogP contribution is -2.16. The highest BCUT2D eigenvalue weighted by Crippen LogP contribution is 2.18. The van der Waals surface area contributed by atoms with Gasteiger partial charge in [0.2, 0.25) is 4.96 Å². The molecule has 9 heteroatoms. The Balaban J connectivity index is 1.42. The smallest absolute Gasteiger partial charge is 0.275 e. The van der Waals surface area contributed by atoms with Crippen molar-refractivity contribution in [3.05, 3.63) is 92.4 Å². The van der Waals surface area contributed by atoms with E-state index in [0.717, 1.165) is 17.0 Å². The molecule has 2 aromatic heterocycles. The lowest BCUT2D eigenvalue weighted by Gasteiger charge is -2.07. The average Bonchev–Trinajstić information content (AvgIpc) is 3.27. The number of nitriles is 1. The van der Waals surface area contributed by atoms with Crippen molar-refractivity contribution in [2.24, 2.45) is 0 Å². The first-order valence-electron chi connectivity index (χ1n) is 10.6. The summed E-state index contributed by atoms with van der Waals surface area (Å²) in [7, 11) is 0. The van der Waals surface area contributed by atoms with Gasteiger partial charge in [0.15, 0.2) is 0 Å². The Morgan fingerprint density at radius 2 is 1.94 bits per heavy atom. The number of nitrogens with one attached hydrogen (secondary N) is 1. The van der Waals surface area contributed by atoms with E-state index in [-0.39, 0.29) is 17.7 Å². The van der Waals surface area contributed by atoms with Crippen molar-refractivity contribution in [2.45, 2.75) is 26.9 Å². The zero-order chi connectivity index (χ0) is 24.1. The van der Waals surface area contributed by atoms with Crippen LogP contribution in [-0.4, -0.2) is 20.5 Å². The SMILES string of the molecule is CCc1nn2c(=O)cc(COc3ccc(C=C(C#N)C(=O)Nc4ccc(C)cc4)cc3)nc2s1. The van der Waals surface area contributed by atoms with E-state index in [9.17, 15) is 14.9 Å². The molecule has 0 aliphatic heterocycles. The van der Waals surface area contributed by atoms with E-state index >= 15 is 0 Å². The molecule has 0 radical (unpaired) electrons. The van der Waals surface area contributed by atoms with Crippen molar-refractivity contribution in [3.8, 4) is 11.8 Å². The average molecular weight is 472 g/mol. The zero-order valence-corrected chi connectivity index (χ0v) is 19.4. The standard InChI is InChI=1S/C25H21N5O3S/c1-3-22-29-30-23(31)13-20(28-25(30)34-22)15-33-21-10-6-17(7-11-21)12-18(14-26)24(32)27-19-8-4-16(2)5-9-19/h4-13H,3,15H2,1-2H3,(H,27,32). The van der Waals surface area contributed by atoms with Gasteiger partial charge in [-0.15, -0.1) is 0 Å². The predicted octanol–water partition coefficient (Wildman–Crippen LogP) is 4.15. The minimum Gasteiger partial charge on any atom is -0.487 e. The van der Waals surface area contributed by atoms with E-state index in [2.05, 4.69) is 15.4 Å². The fourth-order valence-corrected chi connectivity index (χ4v) is 3.94. The Bertz CT molecular complexity index is 1460. The summed E-state index contributed by atoms with van der Waals surface area (Å²) in [6.45, 7) is 4.06. The van der Waals surface area contributed by atoms with Crippen LogP contribution in [0.15, 0.2) is 65.0 Å². The molecular formula is C25H21N5O3S. The van der Waals surface area contributed by atoms with E-state index in [4.69, 9.17) is 4.74 Å². The topological polar surface area (TPSA) is 109 Å². The summed E-state index contributed by atoms with van der Waals surface area (Å²) in [5.41, 5.74) is 2.64. The van der Waals surface area contributed by atoms with Gasteiger partial charge in [0, 0.05) is 11.8 Å². The van der Waals surface area contributed by atoms with Crippen molar-refractivity contribution in [1.29, 1.82) is 5.26 Å². The normalized spacial score (nSPS) is 11.3. The van der Waals surface area contributed by atoms with Crippen LogP contribution in [0.2, 0.25) is 0 Å². The molecule has 0 unspecified atom stereocenters. The molecule has 170 valence electrons. The molecule has 0 saturated heterocycles. The first kappa shape index (κ1) is 22.9. The summed E-state index contributed by atoms with van der Waals surface area (Å²) >= 11 is 1.38. The van der Waals surface area contributed by atoms with E-state index in [1.165, 1.54) is 28.0 Å². The van der Waals surface area contributed by atoms with Crippen molar-refractivity contribution in [2.75, 3.05) is 5.32 Å². The lowest BCUT2D eigenvalue weighted by atomic mass is 10.1. The molecule has 34 heavy (non-hydrogen) atoms. The molecule has 8 nitrogen and oxygen atoms in total. The maximum Gasteiger partial charge on any atom is 0.275 e. The highest BCUT2D eigenvalue weighted by atomic mass is 32.1. The number of carbonyl (C=O) groups is 1. The lowest BCUT2D eigenvalue weighted by molar-refractivity contribution is -0.112. The summed E-state index contributed by atoms with van der Waals surface area (Å²) in [6.07, 6.45) is 2.25. The number of carbonyl (C=O) groups excluding carboxylic acids is 1. The molecule has 0 atom stereocenters. The fraction of sp³-hybridized carbons (Fsp3) is 0.160. The first-order valence-corrected chi connectivity index (χ1v) is 11.4. The van der Waals surface area contributed by atoms with E-state index in [1.807, 2.05) is 32.0 Å². The third-order valence-electron chi connectivity index (χ3n) is 4.89. The largest absolute Gasteiger partial charge is 0.487 e. The summed E-state index contributed by atoms with van der Waals surface area (Å²) < 4.78 is 7.06. The van der Waals surface area contributed by atoms with Gasteiger partial charge in [-0.2, -0.15) is 14.9 Å². The van der Waals surface area contributed by atoms with Crippen LogP contribution < -0.4 is 15.6 Å². The number of anilines is 1. The second-order valence-corrected chi connectivity index (χ2v) is 8.52. The molecule has 0 bridgehead atoms. The molecule has 1 amide bonds. The van der Waals surface area contributed by atoms with E-state index < -0.39 is 5.91 Å². The van der Waals surface area contributed by atoms with Crippen LogP contribution in [0, 0.1) is 18.3 Å². The maximum atomic E-state index is 12.4. The Labute approximate surface area is 199 Å². The van der Waals surface area contributed by atoms with Gasteiger partial charge >= 0.3 is 0 Å². The number of nitrogens with zero attached hydrogens (tertiary/aromatic N) is 4. The van der Waals surface area contributed by atoms with Crippen LogP contribution in [-0.2, 0) is 17.8 Å². The molecule has 1 N–H and O–H groups in total. The third-order valence-corrected chi connectivity index (χ3v) is 5.95. The van der Waals surface area contributed by atoms with Gasteiger partial charge in [-0.05, 0) is 49.2 Å².